The summed E-state index contributed by atoms with van der Waals surface area (Å²) < 4.78 is 32.4. The average Bonchev–Trinajstić information content (AvgIpc) is 3.08. The van der Waals surface area contributed by atoms with Crippen molar-refractivity contribution in [3.63, 3.8) is 0 Å². The zero-order valence-electron chi connectivity index (χ0n) is 18.1. The number of fused-ring (bicyclic) bond motifs is 1. The number of sulfone groups is 1. The van der Waals surface area contributed by atoms with Crippen LogP contribution in [0.25, 0.3) is 10.2 Å². The molecule has 3 aromatic rings. The fourth-order valence-electron chi connectivity index (χ4n) is 3.22. The Morgan fingerprint density at radius 3 is 2.50 bits per heavy atom. The number of aryl methyl sites for hydroxylation is 1. The third-order valence-electron chi connectivity index (χ3n) is 4.82. The Bertz CT molecular complexity index is 1270. The zero-order valence-corrected chi connectivity index (χ0v) is 19.7. The van der Waals surface area contributed by atoms with E-state index < -0.39 is 21.7 Å². The third kappa shape index (κ3) is 6.37. The number of nitrogens with zero attached hydrogens (tertiary/aromatic N) is 2. The first-order valence-electron chi connectivity index (χ1n) is 10.4. The highest BCUT2D eigenvalue weighted by atomic mass is 32.2. The van der Waals surface area contributed by atoms with Gasteiger partial charge in [0.1, 0.15) is 6.54 Å². The van der Waals surface area contributed by atoms with Crippen molar-refractivity contribution in [3.8, 4) is 0 Å². The molecule has 0 saturated carbocycles. The fraction of sp³-hybridized carbons (Fsp3) is 0.348. The van der Waals surface area contributed by atoms with E-state index in [0.717, 1.165) is 22.2 Å². The lowest BCUT2D eigenvalue weighted by Gasteiger charge is -2.06. The number of esters is 1. The smallest absolute Gasteiger partial charge is 0.326 e. The Balaban J connectivity index is 1.83. The lowest BCUT2D eigenvalue weighted by molar-refractivity contribution is -0.143. The van der Waals surface area contributed by atoms with Gasteiger partial charge in [0.15, 0.2) is 14.6 Å². The molecular weight excluding hydrogens is 448 g/mol. The summed E-state index contributed by atoms with van der Waals surface area (Å²) in [6.45, 7) is 3.96. The van der Waals surface area contributed by atoms with E-state index in [0.29, 0.717) is 10.4 Å². The molecule has 0 atom stereocenters. The molecule has 1 aromatic heterocycles. The van der Waals surface area contributed by atoms with Gasteiger partial charge in [-0.25, -0.2) is 8.42 Å². The van der Waals surface area contributed by atoms with Crippen LogP contribution >= 0.6 is 11.3 Å². The van der Waals surface area contributed by atoms with Crippen LogP contribution in [0.15, 0.2) is 53.5 Å². The SMILES string of the molecule is CCOC(=O)Cn1c(=NC(=O)CCS(=O)(=O)Cc2ccccc2)sc2cc(CC)ccc21. The van der Waals surface area contributed by atoms with Crippen molar-refractivity contribution >= 4 is 43.3 Å². The van der Waals surface area contributed by atoms with Crippen LogP contribution in [-0.4, -0.2) is 37.2 Å². The maximum Gasteiger partial charge on any atom is 0.326 e. The normalized spacial score (nSPS) is 12.2. The Morgan fingerprint density at radius 1 is 1.06 bits per heavy atom. The van der Waals surface area contributed by atoms with Gasteiger partial charge >= 0.3 is 5.97 Å². The van der Waals surface area contributed by atoms with Crippen molar-refractivity contribution in [2.24, 2.45) is 4.99 Å². The summed E-state index contributed by atoms with van der Waals surface area (Å²) in [6, 6.07) is 14.7. The van der Waals surface area contributed by atoms with Gasteiger partial charge in [-0.15, -0.1) is 0 Å². The van der Waals surface area contributed by atoms with Gasteiger partial charge < -0.3 is 9.30 Å². The van der Waals surface area contributed by atoms with Gasteiger partial charge in [0.2, 0.25) is 5.91 Å². The number of hydrogen-bond donors (Lipinski definition) is 0. The van der Waals surface area contributed by atoms with E-state index in [4.69, 9.17) is 4.74 Å². The molecule has 0 unspecified atom stereocenters. The lowest BCUT2D eigenvalue weighted by atomic mass is 10.2. The van der Waals surface area contributed by atoms with E-state index in [1.807, 2.05) is 31.2 Å². The van der Waals surface area contributed by atoms with Gasteiger partial charge in [-0.2, -0.15) is 4.99 Å². The van der Waals surface area contributed by atoms with E-state index >= 15 is 0 Å². The molecule has 0 aliphatic carbocycles. The van der Waals surface area contributed by atoms with Crippen molar-refractivity contribution in [1.82, 2.24) is 4.57 Å². The first-order chi connectivity index (χ1) is 15.3. The second-order valence-electron chi connectivity index (χ2n) is 7.26. The van der Waals surface area contributed by atoms with E-state index in [-0.39, 0.29) is 31.1 Å². The number of hydrogen-bond acceptors (Lipinski definition) is 6. The van der Waals surface area contributed by atoms with Crippen LogP contribution in [0.4, 0.5) is 0 Å². The van der Waals surface area contributed by atoms with E-state index in [1.165, 1.54) is 11.3 Å². The minimum atomic E-state index is -3.45. The third-order valence-corrected chi connectivity index (χ3v) is 7.47. The number of ether oxygens (including phenoxy) is 1. The average molecular weight is 475 g/mol. The Kier molecular flexibility index (Phi) is 7.98. The van der Waals surface area contributed by atoms with Crippen molar-refractivity contribution < 1.29 is 22.7 Å². The number of carbonyl (C=O) groups excluding carboxylic acids is 2. The van der Waals surface area contributed by atoms with Crippen molar-refractivity contribution in [2.45, 2.75) is 39.0 Å². The second-order valence-corrected chi connectivity index (χ2v) is 10.5. The molecule has 0 spiro atoms. The molecule has 9 heteroatoms. The highest BCUT2D eigenvalue weighted by molar-refractivity contribution is 7.90. The first-order valence-corrected chi connectivity index (χ1v) is 13.0. The Labute approximate surface area is 191 Å². The summed E-state index contributed by atoms with van der Waals surface area (Å²) >= 11 is 1.30. The summed E-state index contributed by atoms with van der Waals surface area (Å²) in [4.78, 5) is 29.1. The van der Waals surface area contributed by atoms with Crippen LogP contribution in [0.1, 0.15) is 31.4 Å². The minimum absolute atomic E-state index is 0.0717. The van der Waals surface area contributed by atoms with Crippen molar-refractivity contribution in [2.75, 3.05) is 12.4 Å². The van der Waals surface area contributed by atoms with Gasteiger partial charge in [0.05, 0.1) is 28.3 Å². The maximum atomic E-state index is 12.5. The Morgan fingerprint density at radius 2 is 1.81 bits per heavy atom. The topological polar surface area (TPSA) is 94.8 Å². The summed E-state index contributed by atoms with van der Waals surface area (Å²) in [5.41, 5.74) is 2.59. The molecule has 1 amide bonds. The largest absolute Gasteiger partial charge is 0.465 e. The number of thiazole rings is 1. The molecule has 0 radical (unpaired) electrons. The Hall–Kier alpha value is -2.78. The maximum absolute atomic E-state index is 12.5. The predicted molar refractivity (Wildman–Crippen MR) is 125 cm³/mol. The highest BCUT2D eigenvalue weighted by Gasteiger charge is 2.16. The van der Waals surface area contributed by atoms with Crippen LogP contribution < -0.4 is 4.80 Å². The molecule has 7 nitrogen and oxygen atoms in total. The number of carbonyl (C=O) groups is 2. The van der Waals surface area contributed by atoms with Gasteiger partial charge in [-0.05, 0) is 36.6 Å². The van der Waals surface area contributed by atoms with Crippen LogP contribution in [-0.2, 0) is 42.9 Å². The summed E-state index contributed by atoms with van der Waals surface area (Å²) in [6.07, 6.45) is 0.638. The van der Waals surface area contributed by atoms with E-state index in [2.05, 4.69) is 4.99 Å². The highest BCUT2D eigenvalue weighted by Crippen LogP contribution is 2.20. The molecule has 0 aliphatic heterocycles. The molecule has 0 aliphatic rings. The summed E-state index contributed by atoms with van der Waals surface area (Å²) in [7, 11) is -3.45. The van der Waals surface area contributed by atoms with Gasteiger partial charge in [0.25, 0.3) is 0 Å². The zero-order chi connectivity index (χ0) is 23.1. The second kappa shape index (κ2) is 10.7. The number of amides is 1. The number of rotatable bonds is 9. The molecule has 0 bridgehead atoms. The quantitative estimate of drug-likeness (QED) is 0.444. The lowest BCUT2D eigenvalue weighted by Crippen LogP contribution is -2.23. The molecular formula is C23H26N2O5S2. The van der Waals surface area contributed by atoms with Crippen LogP contribution in [0, 0.1) is 0 Å². The van der Waals surface area contributed by atoms with Crippen LogP contribution in [0.3, 0.4) is 0 Å². The van der Waals surface area contributed by atoms with Crippen LogP contribution in [0.2, 0.25) is 0 Å². The predicted octanol–water partition coefficient (Wildman–Crippen LogP) is 3.26. The van der Waals surface area contributed by atoms with Crippen LogP contribution in [0.5, 0.6) is 0 Å². The number of benzene rings is 2. The van der Waals surface area contributed by atoms with Gasteiger partial charge in [0, 0.05) is 6.42 Å². The van der Waals surface area contributed by atoms with Crippen molar-refractivity contribution in [3.05, 3.63) is 64.5 Å². The summed E-state index contributed by atoms with van der Waals surface area (Å²) in [5, 5.41) is 0. The molecule has 170 valence electrons. The monoisotopic (exact) mass is 474 g/mol. The number of aromatic nitrogens is 1. The first kappa shape index (κ1) is 23.9. The minimum Gasteiger partial charge on any atom is -0.465 e. The van der Waals surface area contributed by atoms with Crippen molar-refractivity contribution in [1.29, 1.82) is 0 Å². The molecule has 0 saturated heterocycles. The molecule has 32 heavy (non-hydrogen) atoms. The molecule has 3 rings (SSSR count). The fourth-order valence-corrected chi connectivity index (χ4v) is 5.66. The standard InChI is InChI=1S/C23H26N2O5S2/c1-3-17-10-11-19-20(14-17)31-23(25(19)15-22(27)30-4-2)24-21(26)12-13-32(28,29)16-18-8-6-5-7-9-18/h5-11,14H,3-4,12-13,15-16H2,1-2H3. The molecule has 1 heterocycles. The van der Waals surface area contributed by atoms with E-state index in [9.17, 15) is 18.0 Å². The molecule has 2 aromatic carbocycles. The van der Waals surface area contributed by atoms with Gasteiger partial charge in [-0.1, -0.05) is 54.7 Å². The van der Waals surface area contributed by atoms with E-state index in [1.54, 1.807) is 35.8 Å². The van der Waals surface area contributed by atoms with Gasteiger partial charge in [-0.3, -0.25) is 9.59 Å². The summed E-state index contributed by atoms with van der Waals surface area (Å²) in [5.74, 6) is -1.37. The molecule has 0 fully saturated rings. The molecule has 0 N–H and O–H groups in total.